The zero-order valence-corrected chi connectivity index (χ0v) is 13.2. The first-order valence-corrected chi connectivity index (χ1v) is 7.96. The summed E-state index contributed by atoms with van der Waals surface area (Å²) >= 11 is 1.70. The zero-order chi connectivity index (χ0) is 14.5. The number of aryl methyl sites for hydroxylation is 3. The highest BCUT2D eigenvalue weighted by molar-refractivity contribution is 7.99. The Balaban J connectivity index is 1.89. The van der Waals surface area contributed by atoms with Crippen molar-refractivity contribution in [3.05, 3.63) is 47.3 Å². The van der Waals surface area contributed by atoms with Crippen molar-refractivity contribution in [2.45, 2.75) is 37.7 Å². The summed E-state index contributed by atoms with van der Waals surface area (Å²) < 4.78 is 1.87. The lowest BCUT2D eigenvalue weighted by atomic mass is 10.2. The number of aliphatic hydroxyl groups is 1. The molecule has 20 heavy (non-hydrogen) atoms. The van der Waals surface area contributed by atoms with E-state index >= 15 is 0 Å². The van der Waals surface area contributed by atoms with E-state index in [9.17, 15) is 5.11 Å². The van der Waals surface area contributed by atoms with Crippen LogP contribution in [0.4, 0.5) is 0 Å². The van der Waals surface area contributed by atoms with E-state index in [1.165, 1.54) is 10.5 Å². The number of hydrogen-bond donors (Lipinski definition) is 1. The lowest BCUT2D eigenvalue weighted by molar-refractivity contribution is 0.197. The Morgan fingerprint density at radius 1 is 1.35 bits per heavy atom. The Labute approximate surface area is 125 Å². The molecule has 1 atom stereocenters. The van der Waals surface area contributed by atoms with Gasteiger partial charge in [0.15, 0.2) is 0 Å². The van der Waals surface area contributed by atoms with Gasteiger partial charge in [0.25, 0.3) is 0 Å². The van der Waals surface area contributed by atoms with E-state index in [0.29, 0.717) is 12.2 Å². The number of aromatic nitrogens is 2. The van der Waals surface area contributed by atoms with Crippen LogP contribution in [0.15, 0.2) is 35.2 Å². The molecule has 1 aromatic carbocycles. The maximum Gasteiger partial charge on any atom is 0.0689 e. The van der Waals surface area contributed by atoms with Crippen molar-refractivity contribution in [1.29, 1.82) is 0 Å². The van der Waals surface area contributed by atoms with Crippen LogP contribution >= 0.6 is 11.8 Å². The van der Waals surface area contributed by atoms with Crippen LogP contribution in [-0.4, -0.2) is 26.7 Å². The third kappa shape index (κ3) is 4.12. The Morgan fingerprint density at radius 2 is 2.15 bits per heavy atom. The fraction of sp³-hybridized carbons (Fsp3) is 0.438. The van der Waals surface area contributed by atoms with Crippen molar-refractivity contribution < 1.29 is 5.11 Å². The van der Waals surface area contributed by atoms with Gasteiger partial charge in [-0.3, -0.25) is 4.68 Å². The van der Waals surface area contributed by atoms with Gasteiger partial charge in [-0.1, -0.05) is 24.6 Å². The Bertz CT molecular complexity index is 565. The Kier molecular flexibility index (Phi) is 5.26. The summed E-state index contributed by atoms with van der Waals surface area (Å²) in [6, 6.07) is 10.5. The third-order valence-electron chi connectivity index (χ3n) is 3.27. The number of thioether (sulfide) groups is 1. The first kappa shape index (κ1) is 15.1. The Morgan fingerprint density at radius 3 is 2.80 bits per heavy atom. The number of rotatable bonds is 6. The average molecular weight is 290 g/mol. The van der Waals surface area contributed by atoms with Gasteiger partial charge in [0.2, 0.25) is 0 Å². The van der Waals surface area contributed by atoms with Gasteiger partial charge in [-0.25, -0.2) is 0 Å². The van der Waals surface area contributed by atoms with Gasteiger partial charge in [-0.15, -0.1) is 11.8 Å². The van der Waals surface area contributed by atoms with Gasteiger partial charge in [-0.2, -0.15) is 5.10 Å². The minimum absolute atomic E-state index is 0.347. The van der Waals surface area contributed by atoms with Crippen molar-refractivity contribution in [2.75, 3.05) is 5.75 Å². The molecule has 0 spiro atoms. The van der Waals surface area contributed by atoms with Crippen molar-refractivity contribution in [2.24, 2.45) is 7.05 Å². The van der Waals surface area contributed by atoms with Crippen LogP contribution in [0.3, 0.4) is 0 Å². The van der Waals surface area contributed by atoms with E-state index in [-0.39, 0.29) is 6.10 Å². The lowest BCUT2D eigenvalue weighted by Crippen LogP contribution is -2.15. The number of benzene rings is 1. The summed E-state index contributed by atoms with van der Waals surface area (Å²) in [4.78, 5) is 1.21. The predicted molar refractivity (Wildman–Crippen MR) is 84.2 cm³/mol. The van der Waals surface area contributed by atoms with Crippen molar-refractivity contribution >= 4 is 11.8 Å². The van der Waals surface area contributed by atoms with Crippen LogP contribution in [-0.2, 0) is 19.9 Å². The molecule has 3 nitrogen and oxygen atoms in total. The fourth-order valence-corrected chi connectivity index (χ4v) is 3.08. The molecule has 0 aliphatic rings. The van der Waals surface area contributed by atoms with E-state index in [0.717, 1.165) is 17.8 Å². The number of hydrogen-bond acceptors (Lipinski definition) is 3. The van der Waals surface area contributed by atoms with E-state index in [2.05, 4.69) is 49.3 Å². The highest BCUT2D eigenvalue weighted by atomic mass is 32.2. The molecule has 0 saturated heterocycles. The molecule has 1 heterocycles. The van der Waals surface area contributed by atoms with Crippen molar-refractivity contribution in [3.8, 4) is 0 Å². The van der Waals surface area contributed by atoms with E-state index in [4.69, 9.17) is 0 Å². The summed E-state index contributed by atoms with van der Waals surface area (Å²) in [7, 11) is 1.94. The molecule has 1 aromatic heterocycles. The molecule has 0 aliphatic carbocycles. The summed E-state index contributed by atoms with van der Waals surface area (Å²) in [6.45, 7) is 4.18. The SMILES string of the molecule is CCc1cc(CC(O)CSc2cccc(C)c2)n(C)n1. The van der Waals surface area contributed by atoms with Gasteiger partial charge in [0.1, 0.15) is 0 Å². The molecule has 4 heteroatoms. The molecule has 0 aliphatic heterocycles. The zero-order valence-electron chi connectivity index (χ0n) is 12.3. The standard InChI is InChI=1S/C16H22N2OS/c1-4-13-9-14(18(3)17-13)10-15(19)11-20-16-7-5-6-12(2)8-16/h5-9,15,19H,4,10-11H2,1-3H3. The molecule has 2 aromatic rings. The summed E-state index contributed by atoms with van der Waals surface area (Å²) in [6.07, 6.45) is 1.24. The second kappa shape index (κ2) is 6.95. The van der Waals surface area contributed by atoms with Crippen LogP contribution in [0.2, 0.25) is 0 Å². The van der Waals surface area contributed by atoms with E-state index in [1.54, 1.807) is 11.8 Å². The summed E-state index contributed by atoms with van der Waals surface area (Å²) in [5.74, 6) is 0.704. The maximum absolute atomic E-state index is 10.2. The molecule has 0 fully saturated rings. The molecule has 0 radical (unpaired) electrons. The van der Waals surface area contributed by atoms with Crippen LogP contribution in [0.25, 0.3) is 0 Å². The first-order chi connectivity index (χ1) is 9.58. The molecule has 2 rings (SSSR count). The molecule has 0 saturated carbocycles. The molecule has 1 N–H and O–H groups in total. The van der Waals surface area contributed by atoms with Gasteiger partial charge < -0.3 is 5.11 Å². The first-order valence-electron chi connectivity index (χ1n) is 6.97. The smallest absolute Gasteiger partial charge is 0.0689 e. The van der Waals surface area contributed by atoms with Crippen LogP contribution in [0.5, 0.6) is 0 Å². The second-order valence-electron chi connectivity index (χ2n) is 5.09. The third-order valence-corrected chi connectivity index (χ3v) is 4.40. The molecule has 0 bridgehead atoms. The van der Waals surface area contributed by atoms with Gasteiger partial charge in [-0.05, 0) is 31.5 Å². The molecular formula is C16H22N2OS. The van der Waals surface area contributed by atoms with Crippen molar-refractivity contribution in [1.82, 2.24) is 9.78 Å². The molecule has 0 amide bonds. The molecule has 1 unspecified atom stereocenters. The van der Waals surface area contributed by atoms with Crippen LogP contribution in [0.1, 0.15) is 23.9 Å². The fourth-order valence-electron chi connectivity index (χ4n) is 2.13. The Hall–Kier alpha value is -1.26. The highest BCUT2D eigenvalue weighted by Gasteiger charge is 2.11. The highest BCUT2D eigenvalue weighted by Crippen LogP contribution is 2.21. The second-order valence-corrected chi connectivity index (χ2v) is 6.18. The largest absolute Gasteiger partial charge is 0.392 e. The topological polar surface area (TPSA) is 38.0 Å². The maximum atomic E-state index is 10.2. The van der Waals surface area contributed by atoms with Crippen molar-refractivity contribution in [3.63, 3.8) is 0 Å². The van der Waals surface area contributed by atoms with Crippen LogP contribution in [0, 0.1) is 6.92 Å². The predicted octanol–water partition coefficient (Wildman–Crippen LogP) is 2.99. The number of nitrogens with zero attached hydrogens (tertiary/aromatic N) is 2. The molecular weight excluding hydrogens is 268 g/mol. The van der Waals surface area contributed by atoms with Gasteiger partial charge in [0, 0.05) is 29.8 Å². The summed E-state index contributed by atoms with van der Waals surface area (Å²) in [5, 5.41) is 14.6. The quantitative estimate of drug-likeness (QED) is 0.831. The van der Waals surface area contributed by atoms with Gasteiger partial charge in [0.05, 0.1) is 11.8 Å². The van der Waals surface area contributed by atoms with E-state index < -0.39 is 0 Å². The van der Waals surface area contributed by atoms with Crippen LogP contribution < -0.4 is 0 Å². The molecule has 108 valence electrons. The normalized spacial score (nSPS) is 12.6. The lowest BCUT2D eigenvalue weighted by Gasteiger charge is -2.10. The van der Waals surface area contributed by atoms with E-state index in [1.807, 2.05) is 11.7 Å². The minimum Gasteiger partial charge on any atom is -0.392 e. The minimum atomic E-state index is -0.347. The number of aliphatic hydroxyl groups excluding tert-OH is 1. The average Bonchev–Trinajstić information content (AvgIpc) is 2.77. The van der Waals surface area contributed by atoms with Gasteiger partial charge >= 0.3 is 0 Å². The summed E-state index contributed by atoms with van der Waals surface area (Å²) in [5.41, 5.74) is 3.43. The monoisotopic (exact) mass is 290 g/mol.